The molecular formula is C63H44N2O2. The van der Waals surface area contributed by atoms with E-state index in [2.05, 4.69) is 230 Å². The molecule has 0 radical (unpaired) electrons. The van der Waals surface area contributed by atoms with E-state index < -0.39 is 0 Å². The van der Waals surface area contributed by atoms with Gasteiger partial charge in [-0.2, -0.15) is 0 Å². The molecule has 0 unspecified atom stereocenters. The van der Waals surface area contributed by atoms with Crippen LogP contribution in [-0.4, -0.2) is 0 Å². The summed E-state index contributed by atoms with van der Waals surface area (Å²) in [6.45, 7) is 4.73. The Labute approximate surface area is 389 Å². The first-order valence-corrected chi connectivity index (χ1v) is 23.0. The van der Waals surface area contributed by atoms with Gasteiger partial charge < -0.3 is 18.6 Å². The van der Waals surface area contributed by atoms with Gasteiger partial charge in [-0.3, -0.25) is 0 Å². The smallest absolute Gasteiger partial charge is 0.143 e. The Balaban J connectivity index is 0.856. The van der Waals surface area contributed by atoms with Gasteiger partial charge in [0, 0.05) is 72.2 Å². The van der Waals surface area contributed by atoms with Gasteiger partial charge in [0.05, 0.1) is 0 Å². The molecule has 318 valence electrons. The van der Waals surface area contributed by atoms with Crippen LogP contribution in [0.4, 0.5) is 34.1 Å². The quantitative estimate of drug-likeness (QED) is 0.152. The van der Waals surface area contributed by atoms with Crippen molar-refractivity contribution in [3.8, 4) is 33.4 Å². The first-order valence-electron chi connectivity index (χ1n) is 23.0. The van der Waals surface area contributed by atoms with Crippen molar-refractivity contribution in [2.75, 3.05) is 9.80 Å². The molecule has 0 spiro atoms. The van der Waals surface area contributed by atoms with Gasteiger partial charge in [-0.1, -0.05) is 159 Å². The van der Waals surface area contributed by atoms with Crippen LogP contribution in [0.3, 0.4) is 0 Å². The standard InChI is InChI=1S/C63H44N2O2/c1-63(2)57-39-47(64(43-15-5-3-6-16-43)45-31-27-41(28-32-45)49-21-13-23-55-53-19-9-11-25-59(53)66-61(49)55)35-37-51(57)52-38-36-48(40-58(52)63)65(44-17-7-4-8-18-44)46-33-29-42(30-34-46)50-22-14-24-56-54-20-10-12-26-60(54)67-62(50)56/h3-40H,1-2H3. The molecule has 10 aromatic carbocycles. The Morgan fingerprint density at radius 1 is 0.299 bits per heavy atom. The van der Waals surface area contributed by atoms with E-state index in [9.17, 15) is 0 Å². The number of furan rings is 2. The molecule has 0 bridgehead atoms. The third-order valence-electron chi connectivity index (χ3n) is 13.9. The maximum atomic E-state index is 6.43. The molecule has 2 heterocycles. The highest BCUT2D eigenvalue weighted by Gasteiger charge is 2.37. The van der Waals surface area contributed by atoms with Crippen molar-refractivity contribution in [3.63, 3.8) is 0 Å². The lowest BCUT2D eigenvalue weighted by atomic mass is 9.82. The summed E-state index contributed by atoms with van der Waals surface area (Å²) in [5, 5.41) is 4.54. The van der Waals surface area contributed by atoms with Crippen molar-refractivity contribution in [1.29, 1.82) is 0 Å². The molecule has 1 aliphatic carbocycles. The highest BCUT2D eigenvalue weighted by Crippen LogP contribution is 2.53. The topological polar surface area (TPSA) is 32.8 Å². The summed E-state index contributed by atoms with van der Waals surface area (Å²) >= 11 is 0. The van der Waals surface area contributed by atoms with E-state index in [4.69, 9.17) is 8.83 Å². The first-order chi connectivity index (χ1) is 33.0. The molecule has 4 nitrogen and oxygen atoms in total. The van der Waals surface area contributed by atoms with Crippen molar-refractivity contribution in [3.05, 3.63) is 242 Å². The molecule has 12 aromatic rings. The molecule has 2 aromatic heterocycles. The number of rotatable bonds is 8. The van der Waals surface area contributed by atoms with Gasteiger partial charge in [0.2, 0.25) is 0 Å². The zero-order chi connectivity index (χ0) is 44.6. The number of hydrogen-bond donors (Lipinski definition) is 0. The second kappa shape index (κ2) is 15.3. The van der Waals surface area contributed by atoms with Crippen LogP contribution in [0.15, 0.2) is 239 Å². The molecule has 1 aliphatic rings. The minimum atomic E-state index is -0.272. The molecule has 0 amide bonds. The second-order valence-electron chi connectivity index (χ2n) is 18.1. The Kier molecular flexibility index (Phi) is 8.84. The third-order valence-corrected chi connectivity index (χ3v) is 13.9. The van der Waals surface area contributed by atoms with E-state index in [-0.39, 0.29) is 5.41 Å². The van der Waals surface area contributed by atoms with Gasteiger partial charge in [0.1, 0.15) is 22.3 Å². The summed E-state index contributed by atoms with van der Waals surface area (Å²) in [6, 6.07) is 82.5. The fourth-order valence-electron chi connectivity index (χ4n) is 10.6. The molecule has 4 heteroatoms. The maximum absolute atomic E-state index is 6.43. The number of fused-ring (bicyclic) bond motifs is 9. The Morgan fingerprint density at radius 3 is 1.09 bits per heavy atom. The number of nitrogens with zero attached hydrogens (tertiary/aromatic N) is 2. The van der Waals surface area contributed by atoms with Crippen LogP contribution < -0.4 is 9.80 Å². The van der Waals surface area contributed by atoms with Crippen molar-refractivity contribution >= 4 is 78.0 Å². The van der Waals surface area contributed by atoms with Gasteiger partial charge in [-0.25, -0.2) is 0 Å². The Hall–Kier alpha value is -8.60. The van der Waals surface area contributed by atoms with Crippen molar-refractivity contribution in [1.82, 2.24) is 0 Å². The van der Waals surface area contributed by atoms with Gasteiger partial charge in [-0.05, 0) is 118 Å². The third kappa shape index (κ3) is 6.29. The SMILES string of the molecule is CC1(C)c2cc(N(c3ccccc3)c3ccc(-c4cccc5c4oc4ccccc45)cc3)ccc2-c2ccc(N(c3ccccc3)c3ccc(-c4cccc5c4oc4ccccc45)cc3)cc21. The van der Waals surface area contributed by atoms with Crippen LogP contribution in [0.1, 0.15) is 25.0 Å². The molecule has 67 heavy (non-hydrogen) atoms. The predicted octanol–water partition coefficient (Wildman–Crippen LogP) is 18.1. The van der Waals surface area contributed by atoms with Crippen LogP contribution in [0.25, 0.3) is 77.3 Å². The van der Waals surface area contributed by atoms with E-state index in [0.29, 0.717) is 0 Å². The average molecular weight is 861 g/mol. The van der Waals surface area contributed by atoms with E-state index in [1.165, 1.54) is 22.3 Å². The van der Waals surface area contributed by atoms with E-state index in [1.54, 1.807) is 0 Å². The minimum Gasteiger partial charge on any atom is -0.455 e. The molecular weight excluding hydrogens is 817 g/mol. The summed E-state index contributed by atoms with van der Waals surface area (Å²) in [6.07, 6.45) is 0. The second-order valence-corrected chi connectivity index (χ2v) is 18.1. The largest absolute Gasteiger partial charge is 0.455 e. The fourth-order valence-corrected chi connectivity index (χ4v) is 10.6. The van der Waals surface area contributed by atoms with Gasteiger partial charge in [0.25, 0.3) is 0 Å². The molecule has 0 saturated heterocycles. The highest BCUT2D eigenvalue weighted by atomic mass is 16.3. The lowest BCUT2D eigenvalue weighted by Crippen LogP contribution is -2.17. The summed E-state index contributed by atoms with van der Waals surface area (Å²) in [4.78, 5) is 4.73. The van der Waals surface area contributed by atoms with E-state index >= 15 is 0 Å². The lowest BCUT2D eigenvalue weighted by molar-refractivity contribution is 0.660. The van der Waals surface area contributed by atoms with Gasteiger partial charge >= 0.3 is 0 Å². The predicted molar refractivity (Wildman–Crippen MR) is 279 cm³/mol. The van der Waals surface area contributed by atoms with Crippen LogP contribution >= 0.6 is 0 Å². The summed E-state index contributed by atoms with van der Waals surface area (Å²) in [5.41, 5.74) is 19.5. The summed E-state index contributed by atoms with van der Waals surface area (Å²) in [5.74, 6) is 0. The minimum absolute atomic E-state index is 0.272. The van der Waals surface area contributed by atoms with Crippen LogP contribution in [0.5, 0.6) is 0 Å². The first kappa shape index (κ1) is 38.8. The number of benzene rings is 10. The van der Waals surface area contributed by atoms with Crippen molar-refractivity contribution in [2.45, 2.75) is 19.3 Å². The summed E-state index contributed by atoms with van der Waals surface area (Å²) in [7, 11) is 0. The fraction of sp³-hybridized carbons (Fsp3) is 0.0476. The van der Waals surface area contributed by atoms with E-state index in [0.717, 1.165) is 100 Å². The zero-order valence-corrected chi connectivity index (χ0v) is 37.2. The number of para-hydroxylation sites is 6. The van der Waals surface area contributed by atoms with Crippen molar-refractivity contribution in [2.24, 2.45) is 0 Å². The van der Waals surface area contributed by atoms with Crippen molar-refractivity contribution < 1.29 is 8.83 Å². The number of hydrogen-bond acceptors (Lipinski definition) is 4. The maximum Gasteiger partial charge on any atom is 0.143 e. The van der Waals surface area contributed by atoms with Gasteiger partial charge in [-0.15, -0.1) is 0 Å². The molecule has 0 N–H and O–H groups in total. The molecule has 0 atom stereocenters. The Morgan fingerprint density at radius 2 is 0.657 bits per heavy atom. The van der Waals surface area contributed by atoms with Gasteiger partial charge in [0.15, 0.2) is 0 Å². The normalized spacial score (nSPS) is 12.7. The van der Waals surface area contributed by atoms with E-state index in [1.807, 2.05) is 24.3 Å². The highest BCUT2D eigenvalue weighted by molar-refractivity contribution is 6.10. The molecule has 0 saturated carbocycles. The molecule has 13 rings (SSSR count). The lowest BCUT2D eigenvalue weighted by Gasteiger charge is -2.29. The van der Waals surface area contributed by atoms with Crippen LogP contribution in [0.2, 0.25) is 0 Å². The molecule has 0 fully saturated rings. The summed E-state index contributed by atoms with van der Waals surface area (Å²) < 4.78 is 12.9. The Bertz CT molecular complexity index is 3570. The number of anilines is 6. The monoisotopic (exact) mass is 860 g/mol. The van der Waals surface area contributed by atoms with Crippen LogP contribution in [0, 0.1) is 0 Å². The zero-order valence-electron chi connectivity index (χ0n) is 37.2. The van der Waals surface area contributed by atoms with Crippen LogP contribution in [-0.2, 0) is 5.41 Å². The average Bonchev–Trinajstić information content (AvgIpc) is 4.03. The molecule has 0 aliphatic heterocycles.